The maximum absolute atomic E-state index is 6.40. The maximum atomic E-state index is 6.40. The van der Waals surface area contributed by atoms with Crippen LogP contribution < -0.4 is 10.5 Å². The molecule has 2 N–H and O–H groups in total. The van der Waals surface area contributed by atoms with Gasteiger partial charge in [0.25, 0.3) is 0 Å². The molecule has 0 bridgehead atoms. The van der Waals surface area contributed by atoms with Crippen LogP contribution >= 0.6 is 11.6 Å². The van der Waals surface area contributed by atoms with Gasteiger partial charge in [-0.3, -0.25) is 0 Å². The molecule has 3 aromatic rings. The van der Waals surface area contributed by atoms with E-state index < -0.39 is 0 Å². The fourth-order valence-corrected chi connectivity index (χ4v) is 2.71. The minimum atomic E-state index is 0.670. The summed E-state index contributed by atoms with van der Waals surface area (Å²) in [5, 5.41) is 0.670. The van der Waals surface area contributed by atoms with Gasteiger partial charge in [0.05, 0.1) is 7.11 Å². The molecule has 0 saturated carbocycles. The van der Waals surface area contributed by atoms with E-state index >= 15 is 0 Å². The Hall–Kier alpha value is -2.45. The molecule has 0 unspecified atom stereocenters. The summed E-state index contributed by atoms with van der Waals surface area (Å²) in [5.74, 6) is 0.765. The molecule has 0 saturated heterocycles. The number of rotatable bonds is 3. The van der Waals surface area contributed by atoms with Crippen LogP contribution in [0.5, 0.6) is 5.75 Å². The van der Waals surface area contributed by atoms with E-state index in [1.165, 1.54) is 0 Å². The molecule has 0 fully saturated rings. The van der Waals surface area contributed by atoms with Crippen molar-refractivity contribution in [2.24, 2.45) is 0 Å². The third-order valence-corrected chi connectivity index (χ3v) is 3.92. The topological polar surface area (TPSA) is 35.2 Å². The summed E-state index contributed by atoms with van der Waals surface area (Å²) in [6, 6.07) is 21.7. The van der Waals surface area contributed by atoms with E-state index in [0.717, 1.165) is 28.0 Å². The summed E-state index contributed by atoms with van der Waals surface area (Å²) in [5.41, 5.74) is 10.8. The van der Waals surface area contributed by atoms with Gasteiger partial charge in [-0.15, -0.1) is 0 Å². The van der Waals surface area contributed by atoms with Crippen molar-refractivity contribution in [3.63, 3.8) is 0 Å². The van der Waals surface area contributed by atoms with Crippen LogP contribution in [0.25, 0.3) is 22.3 Å². The van der Waals surface area contributed by atoms with Crippen molar-refractivity contribution < 1.29 is 4.74 Å². The SMILES string of the molecule is COc1ccc(Cl)c(-c2cc(N)ccc2-c2ccccc2)c1. The predicted octanol–water partition coefficient (Wildman–Crippen LogP) is 5.26. The molecule has 0 aliphatic heterocycles. The number of hydrogen-bond donors (Lipinski definition) is 1. The van der Waals surface area contributed by atoms with Gasteiger partial charge in [-0.05, 0) is 47.0 Å². The van der Waals surface area contributed by atoms with Gasteiger partial charge in [0.1, 0.15) is 5.75 Å². The maximum Gasteiger partial charge on any atom is 0.119 e. The monoisotopic (exact) mass is 309 g/mol. The average molecular weight is 310 g/mol. The molecule has 0 aromatic heterocycles. The van der Waals surface area contributed by atoms with Crippen LogP contribution in [0.4, 0.5) is 5.69 Å². The van der Waals surface area contributed by atoms with Crippen LogP contribution in [-0.2, 0) is 0 Å². The number of anilines is 1. The number of ether oxygens (including phenoxy) is 1. The highest BCUT2D eigenvalue weighted by molar-refractivity contribution is 6.33. The largest absolute Gasteiger partial charge is 0.497 e. The lowest BCUT2D eigenvalue weighted by molar-refractivity contribution is 0.415. The second kappa shape index (κ2) is 6.12. The standard InChI is InChI=1S/C19H16ClNO/c1-22-15-8-10-19(20)18(12-15)17-11-14(21)7-9-16(17)13-5-3-2-4-6-13/h2-12H,21H2,1H3. The van der Waals surface area contributed by atoms with Gasteiger partial charge in [-0.2, -0.15) is 0 Å². The van der Waals surface area contributed by atoms with Crippen LogP contribution in [0, 0.1) is 0 Å². The normalized spacial score (nSPS) is 10.5. The number of benzene rings is 3. The van der Waals surface area contributed by atoms with Crippen molar-refractivity contribution in [2.45, 2.75) is 0 Å². The molecule has 3 heteroatoms. The van der Waals surface area contributed by atoms with Crippen molar-refractivity contribution in [3.05, 3.63) is 71.8 Å². The Labute approximate surface area is 135 Å². The average Bonchev–Trinajstić information content (AvgIpc) is 2.56. The number of halogens is 1. The van der Waals surface area contributed by atoms with E-state index in [-0.39, 0.29) is 0 Å². The summed E-state index contributed by atoms with van der Waals surface area (Å²) < 4.78 is 5.32. The van der Waals surface area contributed by atoms with Gasteiger partial charge < -0.3 is 10.5 Å². The molecule has 0 atom stereocenters. The summed E-state index contributed by atoms with van der Waals surface area (Å²) >= 11 is 6.40. The van der Waals surface area contributed by atoms with Crippen molar-refractivity contribution in [1.29, 1.82) is 0 Å². The number of methoxy groups -OCH3 is 1. The third kappa shape index (κ3) is 2.78. The third-order valence-electron chi connectivity index (χ3n) is 3.59. The number of nitrogen functional groups attached to an aromatic ring is 1. The minimum absolute atomic E-state index is 0.670. The lowest BCUT2D eigenvalue weighted by Crippen LogP contribution is -1.91. The molecular formula is C19H16ClNO. The molecular weight excluding hydrogens is 294 g/mol. The van der Waals surface area contributed by atoms with E-state index in [0.29, 0.717) is 10.7 Å². The van der Waals surface area contributed by atoms with E-state index in [1.54, 1.807) is 7.11 Å². The molecule has 0 heterocycles. The first kappa shape index (κ1) is 14.5. The molecule has 3 aromatic carbocycles. The van der Waals surface area contributed by atoms with Gasteiger partial charge >= 0.3 is 0 Å². The van der Waals surface area contributed by atoms with E-state index in [9.17, 15) is 0 Å². The Morgan fingerprint density at radius 2 is 1.59 bits per heavy atom. The van der Waals surface area contributed by atoms with Crippen LogP contribution in [0.1, 0.15) is 0 Å². The first-order chi connectivity index (χ1) is 10.7. The molecule has 22 heavy (non-hydrogen) atoms. The van der Waals surface area contributed by atoms with Crippen LogP contribution in [0.15, 0.2) is 66.7 Å². The van der Waals surface area contributed by atoms with Crippen LogP contribution in [-0.4, -0.2) is 7.11 Å². The lowest BCUT2D eigenvalue weighted by atomic mass is 9.94. The zero-order valence-corrected chi connectivity index (χ0v) is 13.0. The van der Waals surface area contributed by atoms with Crippen LogP contribution in [0.3, 0.4) is 0 Å². The molecule has 0 aliphatic carbocycles. The zero-order chi connectivity index (χ0) is 15.5. The zero-order valence-electron chi connectivity index (χ0n) is 12.2. The van der Waals surface area contributed by atoms with Crippen molar-refractivity contribution in [3.8, 4) is 28.0 Å². The fourth-order valence-electron chi connectivity index (χ4n) is 2.49. The Morgan fingerprint density at radius 1 is 0.818 bits per heavy atom. The van der Waals surface area contributed by atoms with Gasteiger partial charge in [-0.25, -0.2) is 0 Å². The highest BCUT2D eigenvalue weighted by Gasteiger charge is 2.12. The van der Waals surface area contributed by atoms with Crippen molar-refractivity contribution in [1.82, 2.24) is 0 Å². The minimum Gasteiger partial charge on any atom is -0.497 e. The Bertz CT molecular complexity index is 800. The Balaban J connectivity index is 2.25. The van der Waals surface area contributed by atoms with Crippen molar-refractivity contribution in [2.75, 3.05) is 12.8 Å². The highest BCUT2D eigenvalue weighted by atomic mass is 35.5. The van der Waals surface area contributed by atoms with E-state index in [2.05, 4.69) is 12.1 Å². The summed E-state index contributed by atoms with van der Waals surface area (Å²) in [7, 11) is 1.64. The first-order valence-corrected chi connectivity index (χ1v) is 7.35. The highest BCUT2D eigenvalue weighted by Crippen LogP contribution is 2.38. The second-order valence-corrected chi connectivity index (χ2v) is 5.42. The molecule has 3 rings (SSSR count). The van der Waals surface area contributed by atoms with E-state index in [4.69, 9.17) is 22.1 Å². The number of hydrogen-bond acceptors (Lipinski definition) is 2. The molecule has 0 amide bonds. The van der Waals surface area contributed by atoms with Gasteiger partial charge in [0.15, 0.2) is 0 Å². The molecule has 0 spiro atoms. The molecule has 2 nitrogen and oxygen atoms in total. The Kier molecular flexibility index (Phi) is 4.03. The van der Waals surface area contributed by atoms with Gasteiger partial charge in [0.2, 0.25) is 0 Å². The predicted molar refractivity (Wildman–Crippen MR) is 93.3 cm³/mol. The quantitative estimate of drug-likeness (QED) is 0.669. The molecule has 110 valence electrons. The Morgan fingerprint density at radius 3 is 2.32 bits per heavy atom. The van der Waals surface area contributed by atoms with Crippen LogP contribution in [0.2, 0.25) is 5.02 Å². The van der Waals surface area contributed by atoms with Crippen molar-refractivity contribution >= 4 is 17.3 Å². The smallest absolute Gasteiger partial charge is 0.119 e. The first-order valence-electron chi connectivity index (χ1n) is 6.98. The van der Waals surface area contributed by atoms with Gasteiger partial charge in [0, 0.05) is 16.3 Å². The fraction of sp³-hybridized carbons (Fsp3) is 0.0526. The number of nitrogens with two attached hydrogens (primary N) is 1. The lowest BCUT2D eigenvalue weighted by Gasteiger charge is -2.14. The summed E-state index contributed by atoms with van der Waals surface area (Å²) in [6.45, 7) is 0. The summed E-state index contributed by atoms with van der Waals surface area (Å²) in [6.07, 6.45) is 0. The van der Waals surface area contributed by atoms with Gasteiger partial charge in [-0.1, -0.05) is 48.0 Å². The molecule has 0 radical (unpaired) electrons. The summed E-state index contributed by atoms with van der Waals surface area (Å²) in [4.78, 5) is 0. The van der Waals surface area contributed by atoms with E-state index in [1.807, 2.05) is 54.6 Å². The molecule has 0 aliphatic rings. The second-order valence-electron chi connectivity index (χ2n) is 5.02.